The van der Waals surface area contributed by atoms with E-state index in [2.05, 4.69) is 26.0 Å². The van der Waals surface area contributed by atoms with Crippen LogP contribution in [-0.2, 0) is 16.6 Å². The molecule has 0 saturated heterocycles. The standard InChI is InChI=1S/C14H14BrFN2O2S/c1-17-9-10-8-13(6-7-14(10)16)21(19,20)18-12-4-2-11(15)3-5-12/h2-8,17-18H,9H2,1H3. The van der Waals surface area contributed by atoms with Gasteiger partial charge in [0.25, 0.3) is 10.0 Å². The first-order chi connectivity index (χ1) is 9.92. The van der Waals surface area contributed by atoms with E-state index in [-0.39, 0.29) is 11.4 Å². The third kappa shape index (κ3) is 4.03. The van der Waals surface area contributed by atoms with E-state index in [4.69, 9.17) is 0 Å². The number of anilines is 1. The molecule has 0 heterocycles. The number of nitrogens with one attached hydrogen (secondary N) is 2. The van der Waals surface area contributed by atoms with Gasteiger partial charge in [0.1, 0.15) is 5.82 Å². The molecule has 0 radical (unpaired) electrons. The van der Waals surface area contributed by atoms with Crippen LogP contribution in [-0.4, -0.2) is 15.5 Å². The van der Waals surface area contributed by atoms with E-state index in [0.29, 0.717) is 11.3 Å². The highest BCUT2D eigenvalue weighted by Crippen LogP contribution is 2.20. The van der Waals surface area contributed by atoms with Crippen LogP contribution in [0.2, 0.25) is 0 Å². The molecule has 0 fully saturated rings. The van der Waals surface area contributed by atoms with Crippen LogP contribution >= 0.6 is 15.9 Å². The minimum Gasteiger partial charge on any atom is -0.316 e. The smallest absolute Gasteiger partial charge is 0.261 e. The zero-order valence-corrected chi connectivity index (χ0v) is 13.6. The maximum Gasteiger partial charge on any atom is 0.261 e. The molecule has 4 nitrogen and oxygen atoms in total. The van der Waals surface area contributed by atoms with Gasteiger partial charge in [0.05, 0.1) is 4.90 Å². The third-order valence-corrected chi connectivity index (χ3v) is 4.70. The predicted octanol–water partition coefficient (Wildman–Crippen LogP) is 3.11. The average Bonchev–Trinajstić information content (AvgIpc) is 2.43. The predicted molar refractivity (Wildman–Crippen MR) is 84.1 cm³/mol. The van der Waals surface area contributed by atoms with Gasteiger partial charge in [-0.3, -0.25) is 4.72 Å². The van der Waals surface area contributed by atoms with Crippen LogP contribution < -0.4 is 10.0 Å². The number of hydrogen-bond donors (Lipinski definition) is 2. The van der Waals surface area contributed by atoms with Gasteiger partial charge in [-0.05, 0) is 49.5 Å². The van der Waals surface area contributed by atoms with E-state index in [1.807, 2.05) is 0 Å². The molecule has 0 aliphatic heterocycles. The van der Waals surface area contributed by atoms with E-state index in [0.717, 1.165) is 10.5 Å². The molecule has 0 aromatic heterocycles. The lowest BCUT2D eigenvalue weighted by molar-refractivity contribution is 0.592. The summed E-state index contributed by atoms with van der Waals surface area (Å²) in [5.74, 6) is -0.438. The van der Waals surface area contributed by atoms with Crippen molar-refractivity contribution >= 4 is 31.6 Å². The van der Waals surface area contributed by atoms with Gasteiger partial charge < -0.3 is 5.32 Å². The van der Waals surface area contributed by atoms with Gasteiger partial charge in [0.15, 0.2) is 0 Å². The molecule has 21 heavy (non-hydrogen) atoms. The number of rotatable bonds is 5. The SMILES string of the molecule is CNCc1cc(S(=O)(=O)Nc2ccc(Br)cc2)ccc1F. The van der Waals surface area contributed by atoms with Crippen molar-refractivity contribution in [3.05, 3.63) is 58.3 Å². The number of sulfonamides is 1. The molecule has 0 spiro atoms. The second-order valence-corrected chi connectivity index (χ2v) is 6.99. The maximum atomic E-state index is 13.6. The van der Waals surface area contributed by atoms with Gasteiger partial charge >= 0.3 is 0 Å². The summed E-state index contributed by atoms with van der Waals surface area (Å²) in [6.07, 6.45) is 0. The van der Waals surface area contributed by atoms with Crippen molar-refractivity contribution in [2.75, 3.05) is 11.8 Å². The van der Waals surface area contributed by atoms with Crippen LogP contribution in [0.15, 0.2) is 51.8 Å². The maximum absolute atomic E-state index is 13.6. The van der Waals surface area contributed by atoms with Crippen molar-refractivity contribution in [3.8, 4) is 0 Å². The largest absolute Gasteiger partial charge is 0.316 e. The molecule has 7 heteroatoms. The van der Waals surface area contributed by atoms with Gasteiger partial charge in [0.2, 0.25) is 0 Å². The summed E-state index contributed by atoms with van der Waals surface area (Å²) in [5, 5.41) is 2.80. The lowest BCUT2D eigenvalue weighted by Crippen LogP contribution is -2.14. The third-order valence-electron chi connectivity index (χ3n) is 2.79. The fourth-order valence-electron chi connectivity index (χ4n) is 1.78. The topological polar surface area (TPSA) is 58.2 Å². The van der Waals surface area contributed by atoms with Crippen molar-refractivity contribution in [2.24, 2.45) is 0 Å². The van der Waals surface area contributed by atoms with Crippen LogP contribution in [0.1, 0.15) is 5.56 Å². The monoisotopic (exact) mass is 372 g/mol. The van der Waals surface area contributed by atoms with Crippen molar-refractivity contribution in [1.82, 2.24) is 5.32 Å². The Kier molecular flexibility index (Phi) is 4.97. The van der Waals surface area contributed by atoms with Crippen LogP contribution in [0.3, 0.4) is 0 Å². The lowest BCUT2D eigenvalue weighted by Gasteiger charge is -2.10. The summed E-state index contributed by atoms with van der Waals surface area (Å²) in [7, 11) is -2.08. The molecule has 0 saturated carbocycles. The summed E-state index contributed by atoms with van der Waals surface area (Å²) in [6, 6.07) is 10.5. The summed E-state index contributed by atoms with van der Waals surface area (Å²) in [5.41, 5.74) is 0.744. The van der Waals surface area contributed by atoms with E-state index in [1.54, 1.807) is 31.3 Å². The van der Waals surface area contributed by atoms with Gasteiger partial charge in [-0.15, -0.1) is 0 Å². The van der Waals surface area contributed by atoms with Crippen LogP contribution in [0.4, 0.5) is 10.1 Å². The minimum absolute atomic E-state index is 0.0251. The number of halogens is 2. The Labute approximate surface area is 131 Å². The van der Waals surface area contributed by atoms with E-state index in [9.17, 15) is 12.8 Å². The molecule has 2 aromatic rings. The van der Waals surface area contributed by atoms with Gasteiger partial charge in [-0.2, -0.15) is 0 Å². The van der Waals surface area contributed by atoms with Gasteiger partial charge in [-0.25, -0.2) is 12.8 Å². The van der Waals surface area contributed by atoms with Gasteiger partial charge in [0, 0.05) is 22.3 Å². The van der Waals surface area contributed by atoms with Crippen LogP contribution in [0.5, 0.6) is 0 Å². The zero-order valence-electron chi connectivity index (χ0n) is 11.2. The molecule has 2 aromatic carbocycles. The Bertz CT molecular complexity index is 733. The normalized spacial score (nSPS) is 11.4. The first-order valence-corrected chi connectivity index (χ1v) is 8.41. The second-order valence-electron chi connectivity index (χ2n) is 4.40. The molecule has 2 rings (SSSR count). The van der Waals surface area contributed by atoms with Crippen molar-refractivity contribution < 1.29 is 12.8 Å². The van der Waals surface area contributed by atoms with Crippen LogP contribution in [0.25, 0.3) is 0 Å². The summed E-state index contributed by atoms with van der Waals surface area (Å²) >= 11 is 3.28. The molecule has 0 unspecified atom stereocenters. The van der Waals surface area contributed by atoms with Crippen molar-refractivity contribution in [3.63, 3.8) is 0 Å². The molecule has 2 N–H and O–H groups in total. The molecular formula is C14H14BrFN2O2S. The first kappa shape index (κ1) is 15.9. The Hall–Kier alpha value is -1.44. The van der Waals surface area contributed by atoms with Crippen molar-refractivity contribution in [1.29, 1.82) is 0 Å². The first-order valence-electron chi connectivity index (χ1n) is 6.14. The summed E-state index contributed by atoms with van der Waals surface area (Å²) in [6.45, 7) is 0.257. The molecular weight excluding hydrogens is 359 g/mol. The highest BCUT2D eigenvalue weighted by Gasteiger charge is 2.16. The highest BCUT2D eigenvalue weighted by atomic mass is 79.9. The van der Waals surface area contributed by atoms with Crippen molar-refractivity contribution in [2.45, 2.75) is 11.4 Å². The van der Waals surface area contributed by atoms with Gasteiger partial charge in [-0.1, -0.05) is 15.9 Å². The Morgan fingerprint density at radius 3 is 2.43 bits per heavy atom. The molecule has 0 aliphatic rings. The highest BCUT2D eigenvalue weighted by molar-refractivity contribution is 9.10. The molecule has 0 amide bonds. The fourth-order valence-corrected chi connectivity index (χ4v) is 3.15. The molecule has 112 valence electrons. The lowest BCUT2D eigenvalue weighted by atomic mass is 10.2. The number of hydrogen-bond acceptors (Lipinski definition) is 3. The fraction of sp³-hybridized carbons (Fsp3) is 0.143. The molecule has 0 aliphatic carbocycles. The van der Waals surface area contributed by atoms with Crippen LogP contribution in [0, 0.1) is 5.82 Å². The molecule has 0 bridgehead atoms. The average molecular weight is 373 g/mol. The second kappa shape index (κ2) is 6.55. The Balaban J connectivity index is 2.31. The summed E-state index contributed by atoms with van der Waals surface area (Å²) in [4.78, 5) is 0.0251. The summed E-state index contributed by atoms with van der Waals surface area (Å²) < 4.78 is 41.4. The van der Waals surface area contributed by atoms with E-state index < -0.39 is 15.8 Å². The Morgan fingerprint density at radius 2 is 1.81 bits per heavy atom. The van der Waals surface area contributed by atoms with E-state index in [1.165, 1.54) is 12.1 Å². The zero-order chi connectivity index (χ0) is 15.5. The number of benzene rings is 2. The van der Waals surface area contributed by atoms with E-state index >= 15 is 0 Å². The molecule has 0 atom stereocenters. The quantitative estimate of drug-likeness (QED) is 0.847. The Morgan fingerprint density at radius 1 is 1.14 bits per heavy atom. The minimum atomic E-state index is -3.74.